The number of hydrogen-bond acceptors (Lipinski definition) is 5. The third-order valence-electron chi connectivity index (χ3n) is 3.24. The molecule has 10 heteroatoms. The Morgan fingerprint density at radius 2 is 2.12 bits per heavy atom. The Morgan fingerprint density at radius 3 is 2.67 bits per heavy atom. The summed E-state index contributed by atoms with van der Waals surface area (Å²) in [7, 11) is 0. The number of ether oxygens (including phenoxy) is 1. The Morgan fingerprint density at radius 1 is 1.46 bits per heavy atom. The molecule has 1 unspecified atom stereocenters. The van der Waals surface area contributed by atoms with Crippen molar-refractivity contribution in [2.24, 2.45) is 5.10 Å². The fraction of sp³-hybridized carbons (Fsp3) is 0.357. The van der Waals surface area contributed by atoms with Crippen LogP contribution in [0.25, 0.3) is 0 Å². The average Bonchev–Trinajstić information content (AvgIpc) is 2.86. The number of hydrogen-bond donors (Lipinski definition) is 1. The first kappa shape index (κ1) is 18.4. The summed E-state index contributed by atoms with van der Waals surface area (Å²) in [6.07, 6.45) is -6.22. The molecule has 1 aliphatic heterocycles. The van der Waals surface area contributed by atoms with E-state index in [4.69, 9.17) is 0 Å². The Labute approximate surface area is 143 Å². The smallest absolute Gasteiger partial charge is 0.438 e. The molecule has 0 aromatic heterocycles. The topological polar surface area (TPSA) is 79.2 Å². The molecule has 2 rings (SSSR count). The SMILES string of the molecule is CCOC(=O)C(=O)N1N=C(c2cccc(Br)c2)CC1(O)C(F)(F)F. The molecule has 1 amide bonds. The van der Waals surface area contributed by atoms with E-state index in [2.05, 4.69) is 25.8 Å². The summed E-state index contributed by atoms with van der Waals surface area (Å²) < 4.78 is 44.9. The van der Waals surface area contributed by atoms with Gasteiger partial charge in [0, 0.05) is 4.47 Å². The molecule has 0 saturated heterocycles. The predicted molar refractivity (Wildman–Crippen MR) is 79.8 cm³/mol. The highest BCUT2D eigenvalue weighted by Crippen LogP contribution is 2.41. The average molecular weight is 409 g/mol. The van der Waals surface area contributed by atoms with Crippen molar-refractivity contribution in [1.82, 2.24) is 5.01 Å². The summed E-state index contributed by atoms with van der Waals surface area (Å²) in [5, 5.41) is 13.3. The summed E-state index contributed by atoms with van der Waals surface area (Å²) in [6.45, 7) is 1.19. The van der Waals surface area contributed by atoms with Crippen LogP contribution in [-0.4, -0.2) is 46.2 Å². The van der Waals surface area contributed by atoms with Crippen LogP contribution >= 0.6 is 15.9 Å². The molecule has 0 radical (unpaired) electrons. The van der Waals surface area contributed by atoms with Crippen LogP contribution in [0.3, 0.4) is 0 Å². The summed E-state index contributed by atoms with van der Waals surface area (Å²) in [5.41, 5.74) is -3.53. The van der Waals surface area contributed by atoms with Crippen LogP contribution < -0.4 is 0 Å². The van der Waals surface area contributed by atoms with Gasteiger partial charge < -0.3 is 9.84 Å². The number of nitrogens with zero attached hydrogens (tertiary/aromatic N) is 2. The maximum absolute atomic E-state index is 13.3. The number of carbonyl (C=O) groups excluding carboxylic acids is 2. The third kappa shape index (κ3) is 3.29. The zero-order valence-corrected chi connectivity index (χ0v) is 13.9. The molecule has 1 aromatic rings. The molecule has 24 heavy (non-hydrogen) atoms. The van der Waals surface area contributed by atoms with Crippen molar-refractivity contribution in [3.63, 3.8) is 0 Å². The summed E-state index contributed by atoms with van der Waals surface area (Å²) in [4.78, 5) is 23.4. The third-order valence-corrected chi connectivity index (χ3v) is 3.73. The molecule has 1 atom stereocenters. The highest BCUT2D eigenvalue weighted by atomic mass is 79.9. The molecule has 6 nitrogen and oxygen atoms in total. The first-order chi connectivity index (χ1) is 11.1. The summed E-state index contributed by atoms with van der Waals surface area (Å²) >= 11 is 3.17. The van der Waals surface area contributed by atoms with Crippen LogP contribution in [0.15, 0.2) is 33.8 Å². The van der Waals surface area contributed by atoms with Gasteiger partial charge in [-0.05, 0) is 24.6 Å². The second-order valence-electron chi connectivity index (χ2n) is 4.89. The van der Waals surface area contributed by atoms with Crippen LogP contribution in [0.5, 0.6) is 0 Å². The molecule has 1 N–H and O–H groups in total. The number of carbonyl (C=O) groups is 2. The zero-order valence-electron chi connectivity index (χ0n) is 12.3. The van der Waals surface area contributed by atoms with Crippen LogP contribution in [-0.2, 0) is 14.3 Å². The number of amides is 1. The molecule has 1 heterocycles. The van der Waals surface area contributed by atoms with E-state index in [1.165, 1.54) is 19.1 Å². The van der Waals surface area contributed by atoms with Gasteiger partial charge in [-0.1, -0.05) is 28.1 Å². The van der Waals surface area contributed by atoms with Gasteiger partial charge >= 0.3 is 18.1 Å². The second kappa shape index (κ2) is 6.52. The van der Waals surface area contributed by atoms with Crippen LogP contribution in [0.4, 0.5) is 13.2 Å². The normalized spacial score (nSPS) is 20.8. The molecule has 0 saturated carbocycles. The van der Waals surface area contributed by atoms with E-state index in [9.17, 15) is 27.9 Å². The van der Waals surface area contributed by atoms with Gasteiger partial charge in [-0.15, -0.1) is 0 Å². The number of aliphatic hydroxyl groups is 1. The van der Waals surface area contributed by atoms with Gasteiger partial charge in [-0.25, -0.2) is 4.79 Å². The number of hydrazone groups is 1. The monoisotopic (exact) mass is 408 g/mol. The highest BCUT2D eigenvalue weighted by molar-refractivity contribution is 9.10. The van der Waals surface area contributed by atoms with Gasteiger partial charge in [0.1, 0.15) is 0 Å². The van der Waals surface area contributed by atoms with Crippen molar-refractivity contribution in [2.45, 2.75) is 25.2 Å². The molecule has 1 aromatic carbocycles. The number of alkyl halides is 3. The number of rotatable bonds is 2. The molecular weight excluding hydrogens is 397 g/mol. The lowest BCUT2D eigenvalue weighted by Crippen LogP contribution is -2.58. The molecule has 130 valence electrons. The van der Waals surface area contributed by atoms with Crippen molar-refractivity contribution in [3.05, 3.63) is 34.3 Å². The summed E-state index contributed by atoms with van der Waals surface area (Å²) in [5.74, 6) is -3.22. The summed E-state index contributed by atoms with van der Waals surface area (Å²) in [6, 6.07) is 6.16. The van der Waals surface area contributed by atoms with E-state index in [1.54, 1.807) is 12.1 Å². The molecule has 0 spiro atoms. The van der Waals surface area contributed by atoms with E-state index >= 15 is 0 Å². The van der Waals surface area contributed by atoms with E-state index in [1.807, 2.05) is 0 Å². The fourth-order valence-corrected chi connectivity index (χ4v) is 2.49. The van der Waals surface area contributed by atoms with Crippen molar-refractivity contribution in [2.75, 3.05) is 6.61 Å². The molecular formula is C14H12BrF3N2O4. The minimum absolute atomic E-state index is 0.186. The largest absolute Gasteiger partial charge is 0.459 e. The zero-order chi connectivity index (χ0) is 18.1. The van der Waals surface area contributed by atoms with Gasteiger partial charge in [0.25, 0.3) is 5.72 Å². The maximum atomic E-state index is 13.3. The van der Waals surface area contributed by atoms with Crippen molar-refractivity contribution < 1.29 is 32.6 Å². The Hall–Kier alpha value is -1.94. The van der Waals surface area contributed by atoms with Crippen LogP contribution in [0.1, 0.15) is 18.9 Å². The lowest BCUT2D eigenvalue weighted by atomic mass is 10.0. The highest BCUT2D eigenvalue weighted by Gasteiger charge is 2.64. The maximum Gasteiger partial charge on any atom is 0.438 e. The Balaban J connectivity index is 2.45. The lowest BCUT2D eigenvalue weighted by molar-refractivity contribution is -0.302. The number of esters is 1. The predicted octanol–water partition coefficient (Wildman–Crippen LogP) is 2.20. The standard InChI is InChI=1S/C14H12BrF3N2O4/c1-2-24-12(22)11(21)20-13(23,14(16,17)18)7-10(19-20)8-4-3-5-9(15)6-8/h3-6,23H,2,7H2,1H3. The minimum atomic E-state index is -5.22. The number of halogens is 4. The Kier molecular flexibility index (Phi) is 5.00. The lowest BCUT2D eigenvalue weighted by Gasteiger charge is -2.31. The van der Waals surface area contributed by atoms with E-state index in [0.717, 1.165) is 0 Å². The quantitative estimate of drug-likeness (QED) is 0.600. The van der Waals surface area contributed by atoms with Gasteiger partial charge in [0.2, 0.25) is 0 Å². The van der Waals surface area contributed by atoms with Gasteiger partial charge in [-0.3, -0.25) is 4.79 Å². The van der Waals surface area contributed by atoms with Crippen LogP contribution in [0.2, 0.25) is 0 Å². The second-order valence-corrected chi connectivity index (χ2v) is 5.80. The van der Waals surface area contributed by atoms with E-state index < -0.39 is 30.2 Å². The molecule has 0 fully saturated rings. The van der Waals surface area contributed by atoms with Gasteiger partial charge in [-0.2, -0.15) is 23.3 Å². The van der Waals surface area contributed by atoms with Crippen molar-refractivity contribution in [3.8, 4) is 0 Å². The van der Waals surface area contributed by atoms with Crippen LogP contribution in [0, 0.1) is 0 Å². The molecule has 0 bridgehead atoms. The van der Waals surface area contributed by atoms with E-state index in [0.29, 0.717) is 4.47 Å². The molecule has 1 aliphatic rings. The van der Waals surface area contributed by atoms with Crippen molar-refractivity contribution >= 4 is 33.5 Å². The number of benzene rings is 1. The van der Waals surface area contributed by atoms with Gasteiger partial charge in [0.15, 0.2) is 0 Å². The fourth-order valence-electron chi connectivity index (χ4n) is 2.09. The van der Waals surface area contributed by atoms with E-state index in [-0.39, 0.29) is 22.9 Å². The minimum Gasteiger partial charge on any atom is -0.459 e. The Bertz CT molecular complexity index is 708. The first-order valence-corrected chi connectivity index (χ1v) is 7.53. The van der Waals surface area contributed by atoms with Crippen molar-refractivity contribution in [1.29, 1.82) is 0 Å². The molecule has 0 aliphatic carbocycles. The first-order valence-electron chi connectivity index (χ1n) is 6.74. The van der Waals surface area contributed by atoms with Gasteiger partial charge in [0.05, 0.1) is 18.7 Å².